The molecule has 0 bridgehead atoms. The van der Waals surface area contributed by atoms with Gasteiger partial charge in [0.05, 0.1) is 5.69 Å². The van der Waals surface area contributed by atoms with Crippen LogP contribution < -0.4 is 5.73 Å². The molecule has 0 aliphatic heterocycles. The van der Waals surface area contributed by atoms with Crippen LogP contribution in [0.15, 0.2) is 30.3 Å². The Kier molecular flexibility index (Phi) is 3.36. The molecule has 1 aromatic heterocycles. The van der Waals surface area contributed by atoms with Crippen LogP contribution in [0.4, 0.5) is 0 Å². The molecule has 0 amide bonds. The molecule has 2 N–H and O–H groups in total. The molecule has 0 spiro atoms. The minimum Gasteiger partial charge on any atom is -0.330 e. The Bertz CT molecular complexity index is 462. The van der Waals surface area contributed by atoms with Gasteiger partial charge < -0.3 is 5.73 Å². The van der Waals surface area contributed by atoms with Gasteiger partial charge in [-0.2, -0.15) is 0 Å². The van der Waals surface area contributed by atoms with Crippen LogP contribution in [0.5, 0.6) is 0 Å². The molecule has 2 rings (SSSR count). The Balaban J connectivity index is 2.38. The molecule has 3 heteroatoms. The van der Waals surface area contributed by atoms with Crippen LogP contribution in [-0.2, 0) is 0 Å². The van der Waals surface area contributed by atoms with Crippen LogP contribution >= 0.6 is 11.3 Å². The summed E-state index contributed by atoms with van der Waals surface area (Å²) >= 11 is 1.75. The fourth-order valence-corrected chi connectivity index (χ4v) is 2.81. The standard InChI is InChI=1S/C13H16N2S/c1-9(8-14)12-10(2)15-13(16-12)11-6-4-3-5-7-11/h3-7,9H,8,14H2,1-2H3. The summed E-state index contributed by atoms with van der Waals surface area (Å²) in [6.07, 6.45) is 0. The number of nitrogens with zero attached hydrogens (tertiary/aromatic N) is 1. The summed E-state index contributed by atoms with van der Waals surface area (Å²) in [4.78, 5) is 5.92. The molecule has 2 aromatic rings. The third kappa shape index (κ3) is 2.15. The van der Waals surface area contributed by atoms with E-state index in [1.54, 1.807) is 11.3 Å². The van der Waals surface area contributed by atoms with Gasteiger partial charge in [0.15, 0.2) is 0 Å². The third-order valence-electron chi connectivity index (χ3n) is 2.65. The van der Waals surface area contributed by atoms with Crippen molar-refractivity contribution in [3.63, 3.8) is 0 Å². The molecule has 0 aliphatic carbocycles. The van der Waals surface area contributed by atoms with Crippen molar-refractivity contribution in [1.82, 2.24) is 4.98 Å². The lowest BCUT2D eigenvalue weighted by Crippen LogP contribution is -2.08. The normalized spacial score (nSPS) is 12.7. The molecule has 1 atom stereocenters. The van der Waals surface area contributed by atoms with Gasteiger partial charge in [0, 0.05) is 16.4 Å². The number of benzene rings is 1. The quantitative estimate of drug-likeness (QED) is 0.882. The topological polar surface area (TPSA) is 38.9 Å². The lowest BCUT2D eigenvalue weighted by molar-refractivity contribution is 0.780. The van der Waals surface area contributed by atoms with Crippen molar-refractivity contribution < 1.29 is 0 Å². The molecule has 0 fully saturated rings. The van der Waals surface area contributed by atoms with E-state index in [1.807, 2.05) is 18.2 Å². The highest BCUT2D eigenvalue weighted by atomic mass is 32.1. The third-order valence-corrected chi connectivity index (χ3v) is 4.09. The highest BCUT2D eigenvalue weighted by Gasteiger charge is 2.13. The predicted molar refractivity (Wildman–Crippen MR) is 69.8 cm³/mol. The van der Waals surface area contributed by atoms with Gasteiger partial charge in [-0.1, -0.05) is 37.3 Å². The van der Waals surface area contributed by atoms with E-state index >= 15 is 0 Å². The van der Waals surface area contributed by atoms with E-state index in [0.29, 0.717) is 12.5 Å². The average Bonchev–Trinajstić information content (AvgIpc) is 2.71. The average molecular weight is 232 g/mol. The van der Waals surface area contributed by atoms with Gasteiger partial charge in [-0.25, -0.2) is 4.98 Å². The molecule has 0 radical (unpaired) electrons. The van der Waals surface area contributed by atoms with E-state index in [1.165, 1.54) is 10.4 Å². The summed E-state index contributed by atoms with van der Waals surface area (Å²) in [5.74, 6) is 0.398. The molecule has 16 heavy (non-hydrogen) atoms. The number of thiazole rings is 1. The van der Waals surface area contributed by atoms with Gasteiger partial charge in [-0.05, 0) is 13.5 Å². The van der Waals surface area contributed by atoms with Crippen molar-refractivity contribution in [2.75, 3.05) is 6.54 Å². The molecule has 2 nitrogen and oxygen atoms in total. The van der Waals surface area contributed by atoms with Crippen molar-refractivity contribution in [2.24, 2.45) is 5.73 Å². The first-order valence-electron chi connectivity index (χ1n) is 5.45. The Labute approximate surface area is 100 Å². The molecule has 1 unspecified atom stereocenters. The zero-order chi connectivity index (χ0) is 11.5. The summed E-state index contributed by atoms with van der Waals surface area (Å²) in [7, 11) is 0. The number of aryl methyl sites for hydroxylation is 1. The van der Waals surface area contributed by atoms with Crippen LogP contribution in [0.25, 0.3) is 10.6 Å². The number of aromatic nitrogens is 1. The summed E-state index contributed by atoms with van der Waals surface area (Å²) in [6.45, 7) is 4.89. The number of hydrogen-bond donors (Lipinski definition) is 1. The van der Waals surface area contributed by atoms with Gasteiger partial charge >= 0.3 is 0 Å². The first-order chi connectivity index (χ1) is 7.72. The monoisotopic (exact) mass is 232 g/mol. The summed E-state index contributed by atoms with van der Waals surface area (Å²) < 4.78 is 0. The van der Waals surface area contributed by atoms with E-state index in [-0.39, 0.29) is 0 Å². The van der Waals surface area contributed by atoms with Crippen molar-refractivity contribution in [1.29, 1.82) is 0 Å². The van der Waals surface area contributed by atoms with Gasteiger partial charge in [-0.15, -0.1) is 11.3 Å². The largest absolute Gasteiger partial charge is 0.330 e. The van der Waals surface area contributed by atoms with Gasteiger partial charge in [0.2, 0.25) is 0 Å². The van der Waals surface area contributed by atoms with Gasteiger partial charge in [0.25, 0.3) is 0 Å². The Morgan fingerprint density at radius 3 is 2.62 bits per heavy atom. The van der Waals surface area contributed by atoms with E-state index < -0.39 is 0 Å². The molecule has 1 heterocycles. The fourth-order valence-electron chi connectivity index (χ4n) is 1.68. The fraction of sp³-hybridized carbons (Fsp3) is 0.308. The van der Waals surface area contributed by atoms with Gasteiger partial charge in [-0.3, -0.25) is 0 Å². The maximum atomic E-state index is 5.70. The zero-order valence-corrected chi connectivity index (χ0v) is 10.4. The van der Waals surface area contributed by atoms with Crippen LogP contribution in [0, 0.1) is 6.92 Å². The number of rotatable bonds is 3. The molecular formula is C13H16N2S. The highest BCUT2D eigenvalue weighted by molar-refractivity contribution is 7.15. The van der Waals surface area contributed by atoms with Crippen LogP contribution in [0.1, 0.15) is 23.4 Å². The van der Waals surface area contributed by atoms with Crippen molar-refractivity contribution in [2.45, 2.75) is 19.8 Å². The minimum atomic E-state index is 0.398. The predicted octanol–water partition coefficient (Wildman–Crippen LogP) is 3.18. The summed E-state index contributed by atoms with van der Waals surface area (Å²) in [5.41, 5.74) is 8.00. The smallest absolute Gasteiger partial charge is 0.123 e. The van der Waals surface area contributed by atoms with Crippen molar-refractivity contribution in [3.05, 3.63) is 40.9 Å². The lowest BCUT2D eigenvalue weighted by Gasteiger charge is -2.04. The second-order valence-electron chi connectivity index (χ2n) is 3.97. The Morgan fingerprint density at radius 1 is 1.31 bits per heavy atom. The Morgan fingerprint density at radius 2 is 2.00 bits per heavy atom. The highest BCUT2D eigenvalue weighted by Crippen LogP contribution is 2.31. The number of nitrogens with two attached hydrogens (primary N) is 1. The molecule has 84 valence electrons. The first-order valence-corrected chi connectivity index (χ1v) is 6.27. The maximum Gasteiger partial charge on any atom is 0.123 e. The van der Waals surface area contributed by atoms with Crippen LogP contribution in [-0.4, -0.2) is 11.5 Å². The summed E-state index contributed by atoms with van der Waals surface area (Å²) in [5, 5.41) is 1.09. The SMILES string of the molecule is Cc1nc(-c2ccccc2)sc1C(C)CN. The van der Waals surface area contributed by atoms with Crippen molar-refractivity contribution in [3.8, 4) is 10.6 Å². The van der Waals surface area contributed by atoms with Gasteiger partial charge in [0.1, 0.15) is 5.01 Å². The maximum absolute atomic E-state index is 5.70. The molecular weight excluding hydrogens is 216 g/mol. The Hall–Kier alpha value is -1.19. The molecule has 0 saturated heterocycles. The molecule has 1 aromatic carbocycles. The van der Waals surface area contributed by atoms with E-state index in [0.717, 1.165) is 10.7 Å². The van der Waals surface area contributed by atoms with Crippen LogP contribution in [0.2, 0.25) is 0 Å². The lowest BCUT2D eigenvalue weighted by atomic mass is 10.1. The second-order valence-corrected chi connectivity index (χ2v) is 5.00. The molecule has 0 saturated carbocycles. The zero-order valence-electron chi connectivity index (χ0n) is 9.60. The first kappa shape index (κ1) is 11.3. The van der Waals surface area contributed by atoms with Crippen molar-refractivity contribution >= 4 is 11.3 Å². The minimum absolute atomic E-state index is 0.398. The van der Waals surface area contributed by atoms with E-state index in [4.69, 9.17) is 5.73 Å². The second kappa shape index (κ2) is 4.76. The number of hydrogen-bond acceptors (Lipinski definition) is 3. The van der Waals surface area contributed by atoms with E-state index in [9.17, 15) is 0 Å². The van der Waals surface area contributed by atoms with E-state index in [2.05, 4.69) is 31.0 Å². The summed E-state index contributed by atoms with van der Waals surface area (Å²) in [6, 6.07) is 10.3. The molecule has 0 aliphatic rings. The van der Waals surface area contributed by atoms with Crippen LogP contribution in [0.3, 0.4) is 0 Å².